The van der Waals surface area contributed by atoms with E-state index < -0.39 is 6.29 Å². The van der Waals surface area contributed by atoms with Crippen LogP contribution in [0, 0.1) is 12.8 Å². The molecule has 0 aromatic heterocycles. The average Bonchev–Trinajstić information content (AvgIpc) is 3.45. The van der Waals surface area contributed by atoms with Crippen LogP contribution in [0.5, 0.6) is 0 Å². The molecular formula is C19H26N4O3. The third kappa shape index (κ3) is 3.68. The molecule has 4 rings (SSSR count). The first kappa shape index (κ1) is 17.3. The maximum atomic E-state index is 12.5. The molecule has 1 aliphatic carbocycles. The largest absolute Gasteiger partial charge is 0.381 e. The molecule has 7 nitrogen and oxygen atoms in total. The second kappa shape index (κ2) is 7.25. The first-order valence-corrected chi connectivity index (χ1v) is 9.42. The van der Waals surface area contributed by atoms with E-state index in [1.54, 1.807) is 0 Å². The second-order valence-corrected chi connectivity index (χ2v) is 7.44. The van der Waals surface area contributed by atoms with Gasteiger partial charge in [-0.3, -0.25) is 5.32 Å². The molecule has 2 heterocycles. The van der Waals surface area contributed by atoms with Gasteiger partial charge in [0.1, 0.15) is 0 Å². The predicted octanol–water partition coefficient (Wildman–Crippen LogP) is 2.23. The molecule has 2 aliphatic heterocycles. The summed E-state index contributed by atoms with van der Waals surface area (Å²) in [4.78, 5) is 26.4. The summed E-state index contributed by atoms with van der Waals surface area (Å²) in [7, 11) is 0. The first-order valence-electron chi connectivity index (χ1n) is 9.42. The third-order valence-electron chi connectivity index (χ3n) is 5.37. The summed E-state index contributed by atoms with van der Waals surface area (Å²) in [6.07, 6.45) is 3.14. The number of carbonyl (C=O) groups excluding carboxylic acids is 2. The van der Waals surface area contributed by atoms with Gasteiger partial charge in [0.15, 0.2) is 6.29 Å². The van der Waals surface area contributed by atoms with Crippen LogP contribution in [0.25, 0.3) is 0 Å². The van der Waals surface area contributed by atoms with Gasteiger partial charge in [-0.05, 0) is 44.1 Å². The minimum absolute atomic E-state index is 0.0966. The molecule has 0 radical (unpaired) electrons. The van der Waals surface area contributed by atoms with Gasteiger partial charge in [-0.1, -0.05) is 29.8 Å². The minimum atomic E-state index is -0.558. The summed E-state index contributed by atoms with van der Waals surface area (Å²) in [5.41, 5.74) is 2.40. The SMILES string of the molecule is Cc1cccc([C@@H](NC2NC(=O)N(C3CCOCC3)C(=O)N2)C2CC2)c1. The zero-order valence-corrected chi connectivity index (χ0v) is 15.0. The average molecular weight is 358 g/mol. The summed E-state index contributed by atoms with van der Waals surface area (Å²) in [6.45, 7) is 3.24. The lowest BCUT2D eigenvalue weighted by Crippen LogP contribution is -2.70. The van der Waals surface area contributed by atoms with Gasteiger partial charge in [0.2, 0.25) is 0 Å². The van der Waals surface area contributed by atoms with Gasteiger partial charge in [0, 0.05) is 25.3 Å². The van der Waals surface area contributed by atoms with E-state index in [1.807, 2.05) is 6.07 Å². The number of hydrogen-bond acceptors (Lipinski definition) is 4. The monoisotopic (exact) mass is 358 g/mol. The van der Waals surface area contributed by atoms with Gasteiger partial charge in [-0.15, -0.1) is 0 Å². The smallest absolute Gasteiger partial charge is 0.328 e. The van der Waals surface area contributed by atoms with Gasteiger partial charge >= 0.3 is 12.1 Å². The van der Waals surface area contributed by atoms with Gasteiger partial charge in [-0.2, -0.15) is 0 Å². The summed E-state index contributed by atoms with van der Waals surface area (Å²) in [6, 6.07) is 7.74. The Morgan fingerprint density at radius 1 is 1.12 bits per heavy atom. The van der Waals surface area contributed by atoms with Gasteiger partial charge in [0.25, 0.3) is 0 Å². The number of rotatable bonds is 5. The van der Waals surface area contributed by atoms with E-state index >= 15 is 0 Å². The molecule has 140 valence electrons. The van der Waals surface area contributed by atoms with Gasteiger partial charge < -0.3 is 15.4 Å². The van der Waals surface area contributed by atoms with Crippen molar-refractivity contribution >= 4 is 12.1 Å². The fourth-order valence-electron chi connectivity index (χ4n) is 3.85. The van der Waals surface area contributed by atoms with Crippen LogP contribution >= 0.6 is 0 Å². The zero-order valence-electron chi connectivity index (χ0n) is 15.0. The number of carbonyl (C=O) groups is 2. The van der Waals surface area contributed by atoms with E-state index in [4.69, 9.17) is 4.74 Å². The van der Waals surface area contributed by atoms with Crippen LogP contribution in [0.3, 0.4) is 0 Å². The number of benzene rings is 1. The Kier molecular flexibility index (Phi) is 4.82. The Balaban J connectivity index is 1.44. The zero-order chi connectivity index (χ0) is 18.1. The Bertz CT molecular complexity index is 667. The second-order valence-electron chi connectivity index (χ2n) is 7.44. The third-order valence-corrected chi connectivity index (χ3v) is 5.37. The molecule has 1 atom stereocenters. The van der Waals surface area contributed by atoms with E-state index in [0.29, 0.717) is 32.0 Å². The predicted molar refractivity (Wildman–Crippen MR) is 96.3 cm³/mol. The van der Waals surface area contributed by atoms with E-state index in [-0.39, 0.29) is 24.1 Å². The molecule has 1 saturated carbocycles. The van der Waals surface area contributed by atoms with Gasteiger partial charge in [-0.25, -0.2) is 14.5 Å². The maximum absolute atomic E-state index is 12.5. The highest BCUT2D eigenvalue weighted by atomic mass is 16.5. The number of amides is 4. The van der Waals surface area contributed by atoms with Crippen LogP contribution in [0.1, 0.15) is 42.9 Å². The van der Waals surface area contributed by atoms with Crippen molar-refractivity contribution in [2.45, 2.75) is 51.0 Å². The molecule has 0 bridgehead atoms. The van der Waals surface area contributed by atoms with Crippen molar-refractivity contribution < 1.29 is 14.3 Å². The number of ether oxygens (including phenoxy) is 1. The number of hydrogen-bond donors (Lipinski definition) is 3. The molecule has 1 aromatic rings. The molecule has 1 aromatic carbocycles. The lowest BCUT2D eigenvalue weighted by Gasteiger charge is -2.39. The van der Waals surface area contributed by atoms with Crippen LogP contribution in [0.4, 0.5) is 9.59 Å². The van der Waals surface area contributed by atoms with Crippen LogP contribution in [-0.2, 0) is 4.74 Å². The molecule has 0 unspecified atom stereocenters. The fourth-order valence-corrected chi connectivity index (χ4v) is 3.85. The van der Waals surface area contributed by atoms with Crippen molar-refractivity contribution in [3.05, 3.63) is 35.4 Å². The normalized spacial score (nSPS) is 23.5. The van der Waals surface area contributed by atoms with Crippen molar-refractivity contribution in [1.29, 1.82) is 0 Å². The lowest BCUT2D eigenvalue weighted by molar-refractivity contribution is 0.0490. The molecule has 26 heavy (non-hydrogen) atoms. The van der Waals surface area contributed by atoms with Crippen molar-refractivity contribution in [2.75, 3.05) is 13.2 Å². The fraction of sp³-hybridized carbons (Fsp3) is 0.579. The molecule has 4 amide bonds. The van der Waals surface area contributed by atoms with Crippen LogP contribution in [-0.4, -0.2) is 42.5 Å². The van der Waals surface area contributed by atoms with Crippen molar-refractivity contribution in [3.8, 4) is 0 Å². The van der Waals surface area contributed by atoms with Crippen molar-refractivity contribution in [1.82, 2.24) is 20.9 Å². The standard InChI is InChI=1S/C19H26N4O3/c1-12-3-2-4-14(11-12)16(13-5-6-13)20-17-21-18(24)23(19(25)22-17)15-7-9-26-10-8-15/h2-4,11,13,15-17,20H,5-10H2,1H3,(H,21,24)(H,22,25)/t16-/m0/s1. The summed E-state index contributed by atoms with van der Waals surface area (Å²) < 4.78 is 5.32. The number of nitrogens with one attached hydrogen (secondary N) is 3. The Morgan fingerprint density at radius 2 is 1.81 bits per heavy atom. The number of aryl methyl sites for hydroxylation is 1. The molecule has 0 spiro atoms. The topological polar surface area (TPSA) is 82.7 Å². The lowest BCUT2D eigenvalue weighted by atomic mass is 10.0. The van der Waals surface area contributed by atoms with Crippen LogP contribution < -0.4 is 16.0 Å². The van der Waals surface area contributed by atoms with Crippen molar-refractivity contribution in [2.24, 2.45) is 5.92 Å². The maximum Gasteiger partial charge on any atom is 0.328 e. The molecule has 3 N–H and O–H groups in total. The minimum Gasteiger partial charge on any atom is -0.381 e. The summed E-state index contributed by atoms with van der Waals surface area (Å²) in [5.74, 6) is 0.541. The van der Waals surface area contributed by atoms with E-state index in [9.17, 15) is 9.59 Å². The van der Waals surface area contributed by atoms with E-state index in [0.717, 1.165) is 12.8 Å². The number of nitrogens with zero attached hydrogens (tertiary/aromatic N) is 1. The van der Waals surface area contributed by atoms with Crippen molar-refractivity contribution in [3.63, 3.8) is 0 Å². The Labute approximate surface area is 153 Å². The van der Waals surface area contributed by atoms with Gasteiger partial charge in [0.05, 0.1) is 0 Å². The highest BCUT2D eigenvalue weighted by Crippen LogP contribution is 2.41. The molecule has 2 saturated heterocycles. The highest BCUT2D eigenvalue weighted by Gasteiger charge is 2.40. The van der Waals surface area contributed by atoms with Crippen LogP contribution in [0.15, 0.2) is 24.3 Å². The molecule has 7 heteroatoms. The van der Waals surface area contributed by atoms with Crippen LogP contribution in [0.2, 0.25) is 0 Å². The molecule has 3 fully saturated rings. The van der Waals surface area contributed by atoms with E-state index in [2.05, 4.69) is 41.1 Å². The number of imide groups is 1. The Hall–Kier alpha value is -2.12. The quantitative estimate of drug-likeness (QED) is 0.754. The summed E-state index contributed by atoms with van der Waals surface area (Å²) in [5, 5.41) is 9.22. The molecule has 3 aliphatic rings. The summed E-state index contributed by atoms with van der Waals surface area (Å²) >= 11 is 0. The first-order chi connectivity index (χ1) is 12.6. The highest BCUT2D eigenvalue weighted by molar-refractivity contribution is 5.96. The van der Waals surface area contributed by atoms with E-state index in [1.165, 1.54) is 16.0 Å². The Morgan fingerprint density at radius 3 is 2.42 bits per heavy atom. The molecular weight excluding hydrogens is 332 g/mol. The number of urea groups is 2.